The molecule has 0 atom stereocenters. The second-order valence-corrected chi connectivity index (χ2v) is 4.99. The van der Waals surface area contributed by atoms with Crippen LogP contribution in [0.15, 0.2) is 22.3 Å². The van der Waals surface area contributed by atoms with Crippen molar-refractivity contribution in [2.75, 3.05) is 36.0 Å². The molecular weight excluding hydrogens is 250 g/mol. The molecule has 0 radical (unpaired) electrons. The molecule has 0 bridgehead atoms. The number of hydrogen-bond donors (Lipinski definition) is 1. The highest BCUT2D eigenvalue weighted by Crippen LogP contribution is 2.21. The molecule has 2 aromatic heterocycles. The fourth-order valence-corrected chi connectivity index (χ4v) is 2.69. The van der Waals surface area contributed by atoms with Gasteiger partial charge in [-0.15, -0.1) is 11.3 Å². The highest BCUT2D eigenvalue weighted by atomic mass is 32.1. The van der Waals surface area contributed by atoms with Gasteiger partial charge < -0.3 is 20.0 Å². The molecule has 2 aromatic rings. The van der Waals surface area contributed by atoms with E-state index in [0.717, 1.165) is 37.0 Å². The van der Waals surface area contributed by atoms with E-state index in [1.165, 1.54) is 0 Å². The Kier molecular flexibility index (Phi) is 3.16. The van der Waals surface area contributed by atoms with Gasteiger partial charge in [0.25, 0.3) is 6.01 Å². The van der Waals surface area contributed by atoms with Gasteiger partial charge in [0.05, 0.1) is 5.69 Å². The van der Waals surface area contributed by atoms with E-state index in [0.29, 0.717) is 12.6 Å². The lowest BCUT2D eigenvalue weighted by Gasteiger charge is -2.33. The summed E-state index contributed by atoms with van der Waals surface area (Å²) in [5, 5.41) is 3.09. The van der Waals surface area contributed by atoms with Gasteiger partial charge in [-0.3, -0.25) is 0 Å². The second kappa shape index (κ2) is 4.95. The summed E-state index contributed by atoms with van der Waals surface area (Å²) >= 11 is 1.67. The third-order valence-corrected chi connectivity index (χ3v) is 3.82. The molecule has 1 saturated heterocycles. The van der Waals surface area contributed by atoms with Crippen LogP contribution in [0.4, 0.5) is 11.1 Å². The van der Waals surface area contributed by atoms with Crippen LogP contribution < -0.4 is 15.5 Å². The van der Waals surface area contributed by atoms with E-state index < -0.39 is 0 Å². The highest BCUT2D eigenvalue weighted by Gasteiger charge is 2.21. The quantitative estimate of drug-likeness (QED) is 0.889. The van der Waals surface area contributed by atoms with E-state index in [4.69, 9.17) is 10.2 Å². The van der Waals surface area contributed by atoms with Crippen molar-refractivity contribution < 1.29 is 4.42 Å². The van der Waals surface area contributed by atoms with Gasteiger partial charge in [-0.05, 0) is 0 Å². The Hall–Kier alpha value is -1.60. The standard InChI is InChI=1S/C11H15N5OS/c12-7-9-8-17-10(14-9)15-2-4-16(5-3-15)11-13-1-6-18-11/h1,6,8H,2-5,7,12H2. The topological polar surface area (TPSA) is 71.4 Å². The van der Waals surface area contributed by atoms with Gasteiger partial charge in [0.2, 0.25) is 0 Å². The van der Waals surface area contributed by atoms with Gasteiger partial charge in [-0.1, -0.05) is 0 Å². The number of nitrogens with two attached hydrogens (primary N) is 1. The fraction of sp³-hybridized carbons (Fsp3) is 0.455. The number of oxazole rings is 1. The fourth-order valence-electron chi connectivity index (χ4n) is 2.00. The Labute approximate surface area is 109 Å². The van der Waals surface area contributed by atoms with Crippen LogP contribution in [0.5, 0.6) is 0 Å². The number of aromatic nitrogens is 2. The van der Waals surface area contributed by atoms with Crippen LogP contribution in [-0.4, -0.2) is 36.1 Å². The maximum absolute atomic E-state index is 5.52. The monoisotopic (exact) mass is 265 g/mol. The number of hydrogen-bond acceptors (Lipinski definition) is 7. The third-order valence-electron chi connectivity index (χ3n) is 2.99. The van der Waals surface area contributed by atoms with Crippen molar-refractivity contribution >= 4 is 22.5 Å². The zero-order valence-electron chi connectivity index (χ0n) is 9.95. The predicted octanol–water partition coefficient (Wildman–Crippen LogP) is 0.916. The lowest BCUT2D eigenvalue weighted by atomic mass is 10.3. The van der Waals surface area contributed by atoms with Crippen molar-refractivity contribution in [3.8, 4) is 0 Å². The molecule has 18 heavy (non-hydrogen) atoms. The van der Waals surface area contributed by atoms with Gasteiger partial charge in [-0.2, -0.15) is 4.98 Å². The summed E-state index contributed by atoms with van der Waals surface area (Å²) in [6, 6.07) is 0.675. The molecule has 7 heteroatoms. The molecule has 6 nitrogen and oxygen atoms in total. The van der Waals surface area contributed by atoms with Crippen molar-refractivity contribution in [1.82, 2.24) is 9.97 Å². The predicted molar refractivity (Wildman–Crippen MR) is 70.9 cm³/mol. The number of thiazole rings is 1. The van der Waals surface area contributed by atoms with E-state index in [1.807, 2.05) is 11.6 Å². The van der Waals surface area contributed by atoms with Crippen LogP contribution in [0, 0.1) is 0 Å². The van der Waals surface area contributed by atoms with Gasteiger partial charge in [0.1, 0.15) is 6.26 Å². The number of nitrogens with zero attached hydrogens (tertiary/aromatic N) is 4. The van der Waals surface area contributed by atoms with Crippen molar-refractivity contribution in [3.05, 3.63) is 23.5 Å². The zero-order chi connectivity index (χ0) is 12.4. The lowest BCUT2D eigenvalue weighted by molar-refractivity contribution is 0.515. The summed E-state index contributed by atoms with van der Waals surface area (Å²) in [4.78, 5) is 13.1. The molecule has 96 valence electrons. The highest BCUT2D eigenvalue weighted by molar-refractivity contribution is 7.13. The molecule has 2 N–H and O–H groups in total. The average Bonchev–Trinajstić information content (AvgIpc) is 3.10. The van der Waals surface area contributed by atoms with Gasteiger partial charge in [-0.25, -0.2) is 4.98 Å². The summed E-state index contributed by atoms with van der Waals surface area (Å²) in [6.45, 7) is 4.08. The molecular formula is C11H15N5OS. The SMILES string of the molecule is NCc1coc(N2CCN(c3nccs3)CC2)n1. The third kappa shape index (κ3) is 2.19. The molecule has 0 aliphatic carbocycles. The molecule has 0 spiro atoms. The minimum Gasteiger partial charge on any atom is -0.432 e. The first kappa shape index (κ1) is 11.5. The van der Waals surface area contributed by atoms with Crippen LogP contribution in [0.1, 0.15) is 5.69 Å². The molecule has 0 amide bonds. The molecule has 3 heterocycles. The van der Waals surface area contributed by atoms with Crippen LogP contribution in [-0.2, 0) is 6.54 Å². The largest absolute Gasteiger partial charge is 0.432 e. The molecule has 1 aliphatic rings. The van der Waals surface area contributed by atoms with Crippen LogP contribution in [0.2, 0.25) is 0 Å². The summed E-state index contributed by atoms with van der Waals surface area (Å²) in [7, 11) is 0. The normalized spacial score (nSPS) is 16.3. The maximum atomic E-state index is 5.52. The summed E-state index contributed by atoms with van der Waals surface area (Å²) in [6.07, 6.45) is 3.47. The van der Waals surface area contributed by atoms with Crippen LogP contribution >= 0.6 is 11.3 Å². The van der Waals surface area contributed by atoms with Crippen LogP contribution in [0.25, 0.3) is 0 Å². The number of piperazine rings is 1. The summed E-state index contributed by atoms with van der Waals surface area (Å²) in [5.74, 6) is 0. The van der Waals surface area contributed by atoms with E-state index in [9.17, 15) is 0 Å². The molecule has 3 rings (SSSR count). The number of anilines is 2. The molecule has 0 saturated carbocycles. The first-order chi connectivity index (χ1) is 8.86. The van der Waals surface area contributed by atoms with Crippen molar-refractivity contribution in [3.63, 3.8) is 0 Å². The van der Waals surface area contributed by atoms with E-state index in [1.54, 1.807) is 17.6 Å². The molecule has 0 aromatic carbocycles. The van der Waals surface area contributed by atoms with E-state index in [-0.39, 0.29) is 0 Å². The number of rotatable bonds is 3. The minimum absolute atomic E-state index is 0.419. The molecule has 0 unspecified atom stereocenters. The maximum Gasteiger partial charge on any atom is 0.297 e. The Morgan fingerprint density at radius 2 is 2.06 bits per heavy atom. The minimum atomic E-state index is 0.419. The van der Waals surface area contributed by atoms with Crippen molar-refractivity contribution in [2.24, 2.45) is 5.73 Å². The Morgan fingerprint density at radius 1 is 1.28 bits per heavy atom. The van der Waals surface area contributed by atoms with Crippen LogP contribution in [0.3, 0.4) is 0 Å². The van der Waals surface area contributed by atoms with Gasteiger partial charge in [0.15, 0.2) is 5.13 Å². The smallest absolute Gasteiger partial charge is 0.297 e. The molecule has 1 aliphatic heterocycles. The van der Waals surface area contributed by atoms with Crippen molar-refractivity contribution in [2.45, 2.75) is 6.54 Å². The van der Waals surface area contributed by atoms with E-state index >= 15 is 0 Å². The Morgan fingerprint density at radius 3 is 2.67 bits per heavy atom. The Balaban J connectivity index is 1.63. The van der Waals surface area contributed by atoms with Gasteiger partial charge >= 0.3 is 0 Å². The Bertz CT molecular complexity index is 489. The first-order valence-electron chi connectivity index (χ1n) is 5.90. The molecule has 1 fully saturated rings. The van der Waals surface area contributed by atoms with Gasteiger partial charge in [0, 0.05) is 44.3 Å². The summed E-state index contributed by atoms with van der Waals surface area (Å²) < 4.78 is 5.42. The summed E-state index contributed by atoms with van der Waals surface area (Å²) in [5.41, 5.74) is 6.32. The zero-order valence-corrected chi connectivity index (χ0v) is 10.8. The van der Waals surface area contributed by atoms with Crippen molar-refractivity contribution in [1.29, 1.82) is 0 Å². The average molecular weight is 265 g/mol. The van der Waals surface area contributed by atoms with E-state index in [2.05, 4.69) is 19.8 Å². The lowest BCUT2D eigenvalue weighted by Crippen LogP contribution is -2.46. The first-order valence-corrected chi connectivity index (χ1v) is 6.78. The second-order valence-electron chi connectivity index (χ2n) is 4.11.